The smallest absolute Gasteiger partial charge is 0.0718 e. The summed E-state index contributed by atoms with van der Waals surface area (Å²) in [6.07, 6.45) is 0. The molecule has 3 nitrogen and oxygen atoms in total. The SMILES string of the molecule is c1pnnnp1. The normalized spacial score (nSPS) is 10.7. The van der Waals surface area contributed by atoms with E-state index in [1.807, 2.05) is 5.53 Å². The van der Waals surface area contributed by atoms with Crippen molar-refractivity contribution in [2.24, 2.45) is 0 Å². The van der Waals surface area contributed by atoms with E-state index in [0.717, 1.165) is 16.7 Å². The molecule has 0 amide bonds. The van der Waals surface area contributed by atoms with Gasteiger partial charge in [-0.15, -0.1) is 9.72 Å². The van der Waals surface area contributed by atoms with Crippen molar-refractivity contribution >= 4 is 16.7 Å². The van der Waals surface area contributed by atoms with Crippen LogP contribution in [0.2, 0.25) is 0 Å². The molecule has 0 saturated carbocycles. The molecule has 0 spiro atoms. The highest BCUT2D eigenvalue weighted by molar-refractivity contribution is 7.39. The van der Waals surface area contributed by atoms with Gasteiger partial charge >= 0.3 is 0 Å². The minimum atomic E-state index is 0.926. The van der Waals surface area contributed by atoms with Crippen LogP contribution in [0.3, 0.4) is 0 Å². The van der Waals surface area contributed by atoms with Crippen molar-refractivity contribution in [1.82, 2.24) is 14.9 Å². The van der Waals surface area contributed by atoms with Gasteiger partial charge in [0.15, 0.2) is 0 Å². The lowest BCUT2D eigenvalue weighted by atomic mass is 11.9. The van der Waals surface area contributed by atoms with E-state index < -0.39 is 0 Å². The third-order valence-corrected chi connectivity index (χ3v) is 1.48. The molecular weight excluding hydrogens is 116 g/mol. The summed E-state index contributed by atoms with van der Waals surface area (Å²) in [5.74, 6) is 0. The standard InChI is InChI=1S/CHN3P2/c1-5-3-2-4-6-1/h1H. The zero-order chi connectivity index (χ0) is 4.24. The Morgan fingerprint density at radius 2 is 1.83 bits per heavy atom. The monoisotopic (exact) mass is 117 g/mol. The molecule has 0 radical (unpaired) electrons. The maximum absolute atomic E-state index is 3.55. The highest BCUT2D eigenvalue weighted by Gasteiger charge is 1.63. The Morgan fingerprint density at radius 1 is 1.17 bits per heavy atom. The molecule has 0 aliphatic heterocycles. The minimum Gasteiger partial charge on any atom is -0.109 e. The van der Waals surface area contributed by atoms with Gasteiger partial charge in [-0.3, -0.25) is 0 Å². The highest BCUT2D eigenvalue weighted by Crippen LogP contribution is 1.98. The second kappa shape index (κ2) is 2.12. The first-order valence-corrected chi connectivity index (χ1v) is 3.15. The van der Waals surface area contributed by atoms with Gasteiger partial charge in [0, 0.05) is 5.53 Å². The molecule has 0 aromatic carbocycles. The number of rotatable bonds is 0. The van der Waals surface area contributed by atoms with Gasteiger partial charge < -0.3 is 0 Å². The topological polar surface area (TPSA) is 38.7 Å². The van der Waals surface area contributed by atoms with Gasteiger partial charge in [0.2, 0.25) is 0 Å². The van der Waals surface area contributed by atoms with E-state index in [2.05, 4.69) is 14.9 Å². The van der Waals surface area contributed by atoms with Gasteiger partial charge in [-0.1, -0.05) is 0 Å². The highest BCUT2D eigenvalue weighted by atomic mass is 31.1. The largest absolute Gasteiger partial charge is 0.109 e. The van der Waals surface area contributed by atoms with Crippen molar-refractivity contribution in [2.75, 3.05) is 0 Å². The zero-order valence-corrected chi connectivity index (χ0v) is 4.60. The summed E-state index contributed by atoms with van der Waals surface area (Å²) in [7, 11) is 1.85. The van der Waals surface area contributed by atoms with Crippen LogP contribution in [0.1, 0.15) is 0 Å². The predicted molar refractivity (Wildman–Crippen MR) is 24.9 cm³/mol. The molecule has 0 bridgehead atoms. The summed E-state index contributed by atoms with van der Waals surface area (Å²) in [6.45, 7) is 0. The fourth-order valence-corrected chi connectivity index (χ4v) is 0.923. The third kappa shape index (κ3) is 0.925. The van der Waals surface area contributed by atoms with Crippen molar-refractivity contribution in [3.63, 3.8) is 0 Å². The minimum absolute atomic E-state index is 0.926. The maximum Gasteiger partial charge on any atom is 0.0718 e. The molecule has 0 atom stereocenters. The summed E-state index contributed by atoms with van der Waals surface area (Å²) in [5, 5.41) is 3.37. The van der Waals surface area contributed by atoms with Crippen LogP contribution in [0.25, 0.3) is 0 Å². The summed E-state index contributed by atoms with van der Waals surface area (Å²) >= 11 is 0. The average molecular weight is 117 g/mol. The van der Waals surface area contributed by atoms with Crippen LogP contribution in [0.5, 0.6) is 0 Å². The zero-order valence-electron chi connectivity index (χ0n) is 2.81. The second-order valence-electron chi connectivity index (χ2n) is 0.615. The first-order chi connectivity index (χ1) is 3.00. The van der Waals surface area contributed by atoms with Crippen molar-refractivity contribution < 1.29 is 0 Å². The predicted octanol–water partition coefficient (Wildman–Crippen LogP) is 1.03. The van der Waals surface area contributed by atoms with Crippen LogP contribution in [0.15, 0.2) is 5.53 Å². The molecule has 0 N–H and O–H groups in total. The van der Waals surface area contributed by atoms with Gasteiger partial charge in [-0.25, -0.2) is 0 Å². The maximum atomic E-state index is 3.55. The van der Waals surface area contributed by atoms with E-state index in [1.165, 1.54) is 0 Å². The van der Waals surface area contributed by atoms with Gasteiger partial charge in [-0.2, -0.15) is 0 Å². The van der Waals surface area contributed by atoms with Crippen LogP contribution in [-0.4, -0.2) is 14.9 Å². The van der Waals surface area contributed by atoms with Crippen LogP contribution in [-0.2, 0) is 0 Å². The first-order valence-electron chi connectivity index (χ1n) is 1.32. The Balaban J connectivity index is 3.00. The summed E-state index contributed by atoms with van der Waals surface area (Å²) in [6, 6.07) is 0. The second-order valence-corrected chi connectivity index (χ2v) is 2.36. The lowest BCUT2D eigenvalue weighted by Crippen LogP contribution is -1.68. The Kier molecular flexibility index (Phi) is 1.43. The Hall–Kier alpha value is -0.130. The molecule has 0 aliphatic carbocycles. The average Bonchev–Trinajstić information content (AvgIpc) is 1.72. The van der Waals surface area contributed by atoms with E-state index in [-0.39, 0.29) is 0 Å². The van der Waals surface area contributed by atoms with Gasteiger partial charge in [0.1, 0.15) is 0 Å². The number of aromatic nitrogens is 3. The van der Waals surface area contributed by atoms with Gasteiger partial charge in [0.05, 0.1) is 16.7 Å². The van der Waals surface area contributed by atoms with Gasteiger partial charge in [0.25, 0.3) is 0 Å². The molecule has 1 rings (SSSR count). The van der Waals surface area contributed by atoms with E-state index in [4.69, 9.17) is 0 Å². The number of hydrogen-bond acceptors (Lipinski definition) is 3. The molecule has 5 heteroatoms. The molecule has 0 saturated heterocycles. The van der Waals surface area contributed by atoms with Crippen LogP contribution >= 0.6 is 16.7 Å². The van der Waals surface area contributed by atoms with Crippen molar-refractivity contribution in [3.05, 3.63) is 5.53 Å². The summed E-state index contributed by atoms with van der Waals surface area (Å²) in [4.78, 5) is 7.09. The Labute approximate surface area is 38.1 Å². The fourth-order valence-electron chi connectivity index (χ4n) is 0.133. The van der Waals surface area contributed by atoms with Crippen molar-refractivity contribution in [3.8, 4) is 0 Å². The van der Waals surface area contributed by atoms with E-state index >= 15 is 0 Å². The molecule has 30 valence electrons. The molecule has 0 aliphatic rings. The molecule has 6 heavy (non-hydrogen) atoms. The molecule has 1 heterocycles. The van der Waals surface area contributed by atoms with Crippen LogP contribution < -0.4 is 0 Å². The lowest BCUT2D eigenvalue weighted by Gasteiger charge is -1.65. The summed E-state index contributed by atoms with van der Waals surface area (Å²) in [5.41, 5.74) is 1.91. The lowest BCUT2D eigenvalue weighted by molar-refractivity contribution is 0.984. The molecule has 0 fully saturated rings. The van der Waals surface area contributed by atoms with E-state index in [0.29, 0.717) is 0 Å². The number of hydrogen-bond donors (Lipinski definition) is 0. The quantitative estimate of drug-likeness (QED) is 0.509. The van der Waals surface area contributed by atoms with E-state index in [1.54, 1.807) is 0 Å². The Bertz CT molecular complexity index is 80.7. The van der Waals surface area contributed by atoms with Crippen molar-refractivity contribution in [1.29, 1.82) is 0 Å². The molecular formula is CHN3P2. The van der Waals surface area contributed by atoms with Gasteiger partial charge in [-0.05, 0) is 5.21 Å². The van der Waals surface area contributed by atoms with Crippen molar-refractivity contribution in [2.45, 2.75) is 0 Å². The molecule has 1 aromatic rings. The first kappa shape index (κ1) is 4.04. The molecule has 1 aromatic heterocycles. The van der Waals surface area contributed by atoms with Crippen LogP contribution in [0.4, 0.5) is 0 Å². The Morgan fingerprint density at radius 3 is 2.00 bits per heavy atom. The van der Waals surface area contributed by atoms with Crippen LogP contribution in [0, 0.1) is 0 Å². The number of nitrogens with zero attached hydrogens (tertiary/aromatic N) is 3. The third-order valence-electron chi connectivity index (χ3n) is 0.287. The fraction of sp³-hybridized carbons (Fsp3) is 0. The summed E-state index contributed by atoms with van der Waals surface area (Å²) < 4.78 is 0. The molecule has 0 unspecified atom stereocenters. The van der Waals surface area contributed by atoms with E-state index in [9.17, 15) is 0 Å².